The van der Waals surface area contributed by atoms with Gasteiger partial charge in [0.05, 0.1) is 17.5 Å². The predicted octanol–water partition coefficient (Wildman–Crippen LogP) is 2.46. The van der Waals surface area contributed by atoms with E-state index in [-0.39, 0.29) is 5.91 Å². The van der Waals surface area contributed by atoms with E-state index >= 15 is 0 Å². The van der Waals surface area contributed by atoms with Crippen LogP contribution in [0.1, 0.15) is 42.7 Å². The van der Waals surface area contributed by atoms with Crippen molar-refractivity contribution in [1.82, 2.24) is 4.98 Å². The zero-order valence-corrected chi connectivity index (χ0v) is 12.0. The summed E-state index contributed by atoms with van der Waals surface area (Å²) in [6, 6.07) is 0. The highest BCUT2D eigenvalue weighted by molar-refractivity contribution is 7.15. The van der Waals surface area contributed by atoms with Gasteiger partial charge < -0.3 is 10.4 Å². The Morgan fingerprint density at radius 3 is 2.65 bits per heavy atom. The number of thiazole rings is 1. The second-order valence-corrected chi connectivity index (χ2v) is 6.65. The first-order valence-corrected chi connectivity index (χ1v) is 7.99. The van der Waals surface area contributed by atoms with E-state index in [2.05, 4.69) is 10.3 Å². The number of hydrogen-bond donors (Lipinski definition) is 2. The molecule has 2 atom stereocenters. The van der Waals surface area contributed by atoms with Crippen molar-refractivity contribution < 1.29 is 14.7 Å². The van der Waals surface area contributed by atoms with E-state index in [1.165, 1.54) is 11.3 Å². The van der Waals surface area contributed by atoms with Crippen LogP contribution in [0, 0.1) is 11.8 Å². The SMILES string of the molecule is O=C(O)C1CCCC1C(=O)Nc1nc2c(s1)CCCC2. The highest BCUT2D eigenvalue weighted by Crippen LogP contribution is 2.34. The van der Waals surface area contributed by atoms with Gasteiger partial charge in [-0.15, -0.1) is 11.3 Å². The van der Waals surface area contributed by atoms with Crippen molar-refractivity contribution >= 4 is 28.3 Å². The van der Waals surface area contributed by atoms with Crippen LogP contribution >= 0.6 is 11.3 Å². The van der Waals surface area contributed by atoms with Gasteiger partial charge in [0.25, 0.3) is 0 Å². The Morgan fingerprint density at radius 2 is 1.90 bits per heavy atom. The highest BCUT2D eigenvalue weighted by Gasteiger charge is 2.38. The number of anilines is 1. The molecule has 0 bridgehead atoms. The summed E-state index contributed by atoms with van der Waals surface area (Å²) in [7, 11) is 0. The molecule has 5 nitrogen and oxygen atoms in total. The lowest BCUT2D eigenvalue weighted by Gasteiger charge is -2.14. The minimum atomic E-state index is -0.860. The average molecular weight is 294 g/mol. The van der Waals surface area contributed by atoms with Gasteiger partial charge in [-0.3, -0.25) is 9.59 Å². The summed E-state index contributed by atoms with van der Waals surface area (Å²) in [5.74, 6) is -1.99. The van der Waals surface area contributed by atoms with Crippen LogP contribution in [0.25, 0.3) is 0 Å². The van der Waals surface area contributed by atoms with Crippen molar-refractivity contribution in [3.8, 4) is 0 Å². The third-order valence-electron chi connectivity index (χ3n) is 4.25. The van der Waals surface area contributed by atoms with E-state index in [9.17, 15) is 9.59 Å². The Balaban J connectivity index is 1.69. The Morgan fingerprint density at radius 1 is 1.15 bits per heavy atom. The Bertz CT molecular complexity index is 517. The molecule has 1 aromatic rings. The Kier molecular flexibility index (Phi) is 3.74. The molecule has 1 amide bonds. The van der Waals surface area contributed by atoms with Gasteiger partial charge in [-0.2, -0.15) is 0 Å². The lowest BCUT2D eigenvalue weighted by molar-refractivity contribution is -0.145. The van der Waals surface area contributed by atoms with Crippen LogP contribution in [0.3, 0.4) is 0 Å². The fraction of sp³-hybridized carbons (Fsp3) is 0.643. The number of aromatic nitrogens is 1. The largest absolute Gasteiger partial charge is 0.481 e. The van der Waals surface area contributed by atoms with Crippen LogP contribution in [0.5, 0.6) is 0 Å². The third kappa shape index (κ3) is 2.57. The molecule has 6 heteroatoms. The molecule has 0 aromatic carbocycles. The number of carbonyl (C=O) groups is 2. The number of hydrogen-bond acceptors (Lipinski definition) is 4. The number of carboxylic acid groups (broad SMARTS) is 1. The molecule has 0 aliphatic heterocycles. The van der Waals surface area contributed by atoms with E-state index in [0.717, 1.165) is 31.4 Å². The average Bonchev–Trinajstić information content (AvgIpc) is 3.04. The fourth-order valence-electron chi connectivity index (χ4n) is 3.17. The number of aliphatic carboxylic acids is 1. The first-order valence-electron chi connectivity index (χ1n) is 7.17. The second kappa shape index (κ2) is 5.52. The first kappa shape index (κ1) is 13.5. The lowest BCUT2D eigenvalue weighted by atomic mass is 9.95. The molecule has 1 saturated carbocycles. The topological polar surface area (TPSA) is 79.3 Å². The van der Waals surface area contributed by atoms with E-state index < -0.39 is 17.8 Å². The molecule has 1 fully saturated rings. The summed E-state index contributed by atoms with van der Waals surface area (Å²) in [4.78, 5) is 29.1. The van der Waals surface area contributed by atoms with Crippen molar-refractivity contribution in [2.24, 2.45) is 11.8 Å². The summed E-state index contributed by atoms with van der Waals surface area (Å²) in [5.41, 5.74) is 1.11. The molecule has 0 saturated heterocycles. The normalized spacial score (nSPS) is 25.2. The monoisotopic (exact) mass is 294 g/mol. The number of carboxylic acids is 1. The smallest absolute Gasteiger partial charge is 0.307 e. The summed E-state index contributed by atoms with van der Waals surface area (Å²) in [6.07, 6.45) is 6.45. The van der Waals surface area contributed by atoms with Crippen LogP contribution < -0.4 is 5.32 Å². The molecule has 2 aliphatic rings. The Hall–Kier alpha value is -1.43. The van der Waals surface area contributed by atoms with Gasteiger partial charge in [0.2, 0.25) is 5.91 Å². The lowest BCUT2D eigenvalue weighted by Crippen LogP contribution is -2.29. The minimum absolute atomic E-state index is 0.180. The predicted molar refractivity (Wildman–Crippen MR) is 75.9 cm³/mol. The van der Waals surface area contributed by atoms with Crippen LogP contribution in [-0.2, 0) is 22.4 Å². The zero-order chi connectivity index (χ0) is 14.1. The highest BCUT2D eigenvalue weighted by atomic mass is 32.1. The van der Waals surface area contributed by atoms with E-state index in [4.69, 9.17) is 5.11 Å². The van der Waals surface area contributed by atoms with Crippen molar-refractivity contribution in [1.29, 1.82) is 0 Å². The molecule has 3 rings (SSSR count). The quantitative estimate of drug-likeness (QED) is 0.897. The molecule has 2 unspecified atom stereocenters. The molecule has 20 heavy (non-hydrogen) atoms. The van der Waals surface area contributed by atoms with Crippen molar-refractivity contribution in [2.45, 2.75) is 44.9 Å². The van der Waals surface area contributed by atoms with Crippen molar-refractivity contribution in [2.75, 3.05) is 5.32 Å². The number of nitrogens with one attached hydrogen (secondary N) is 1. The van der Waals surface area contributed by atoms with Gasteiger partial charge in [-0.1, -0.05) is 6.42 Å². The zero-order valence-electron chi connectivity index (χ0n) is 11.2. The molecule has 0 spiro atoms. The van der Waals surface area contributed by atoms with Gasteiger partial charge in [0.1, 0.15) is 0 Å². The second-order valence-electron chi connectivity index (χ2n) is 5.57. The first-order chi connectivity index (χ1) is 9.65. The molecular formula is C14H18N2O3S. The van der Waals surface area contributed by atoms with Gasteiger partial charge in [-0.05, 0) is 38.5 Å². The summed E-state index contributed by atoms with van der Waals surface area (Å²) >= 11 is 1.54. The summed E-state index contributed by atoms with van der Waals surface area (Å²) in [6.45, 7) is 0. The van der Waals surface area contributed by atoms with Crippen molar-refractivity contribution in [3.05, 3.63) is 10.6 Å². The van der Waals surface area contributed by atoms with Crippen LogP contribution in [0.15, 0.2) is 0 Å². The summed E-state index contributed by atoms with van der Waals surface area (Å²) in [5, 5.41) is 12.6. The molecule has 2 aliphatic carbocycles. The molecule has 1 aromatic heterocycles. The third-order valence-corrected chi connectivity index (χ3v) is 5.32. The maximum absolute atomic E-state index is 12.2. The number of fused-ring (bicyclic) bond motifs is 1. The molecule has 0 radical (unpaired) electrons. The number of rotatable bonds is 3. The van der Waals surface area contributed by atoms with Gasteiger partial charge in [0, 0.05) is 4.88 Å². The number of aryl methyl sites for hydroxylation is 2. The number of amides is 1. The molecule has 2 N–H and O–H groups in total. The molecule has 1 heterocycles. The molecule has 108 valence electrons. The van der Waals surface area contributed by atoms with Gasteiger partial charge in [0.15, 0.2) is 5.13 Å². The van der Waals surface area contributed by atoms with Crippen LogP contribution in [0.4, 0.5) is 5.13 Å². The maximum Gasteiger partial charge on any atom is 0.307 e. The van der Waals surface area contributed by atoms with E-state index in [0.29, 0.717) is 18.0 Å². The van der Waals surface area contributed by atoms with Crippen LogP contribution in [-0.4, -0.2) is 22.0 Å². The van der Waals surface area contributed by atoms with E-state index in [1.807, 2.05) is 0 Å². The fourth-order valence-corrected chi connectivity index (χ4v) is 4.23. The molecular weight excluding hydrogens is 276 g/mol. The number of carbonyl (C=O) groups excluding carboxylic acids is 1. The van der Waals surface area contributed by atoms with Crippen molar-refractivity contribution in [3.63, 3.8) is 0 Å². The maximum atomic E-state index is 12.2. The van der Waals surface area contributed by atoms with E-state index in [1.54, 1.807) is 11.3 Å². The van der Waals surface area contributed by atoms with Gasteiger partial charge >= 0.3 is 5.97 Å². The summed E-state index contributed by atoms with van der Waals surface area (Å²) < 4.78 is 0. The Labute approximate surface area is 121 Å². The minimum Gasteiger partial charge on any atom is -0.481 e. The van der Waals surface area contributed by atoms with Crippen LogP contribution in [0.2, 0.25) is 0 Å². The number of nitrogens with zero attached hydrogens (tertiary/aromatic N) is 1. The van der Waals surface area contributed by atoms with Gasteiger partial charge in [-0.25, -0.2) is 4.98 Å². The standard InChI is InChI=1S/C14H18N2O3S/c17-12(8-4-3-5-9(8)13(18)19)16-14-15-10-6-1-2-7-11(10)20-14/h8-9H,1-7H2,(H,18,19)(H,15,16,17).